The Hall–Kier alpha value is 0.306. The van der Waals surface area contributed by atoms with Crippen molar-refractivity contribution in [1.82, 2.24) is 0 Å². The molecule has 0 aliphatic heterocycles. The van der Waals surface area contributed by atoms with Crippen molar-refractivity contribution in [2.45, 2.75) is 18.1 Å². The van der Waals surface area contributed by atoms with Gasteiger partial charge in [0.25, 0.3) is 0 Å². The van der Waals surface area contributed by atoms with Gasteiger partial charge in [-0.05, 0) is 0 Å². The Balaban J connectivity index is 2.85. The van der Waals surface area contributed by atoms with Gasteiger partial charge in [0.15, 0.2) is 0 Å². The molecule has 0 N–H and O–H groups in total. The fraction of sp³-hybridized carbons (Fsp3) is 1.00. The molecular formula is C3H8CoO. The summed E-state index contributed by atoms with van der Waals surface area (Å²) in [5.41, 5.74) is 0. The molecule has 1 nitrogen and oxygen atoms in total. The van der Waals surface area contributed by atoms with Gasteiger partial charge in [0.05, 0.1) is 0 Å². The molecule has 0 saturated heterocycles. The molecule has 5 heavy (non-hydrogen) atoms. The number of hydrogen-bond donors (Lipinski definition) is 0. The Bertz CT molecular complexity index is 42.2. The summed E-state index contributed by atoms with van der Waals surface area (Å²) in [6.07, 6.45) is 0. The van der Waals surface area contributed by atoms with Crippen LogP contribution in [-0.4, -0.2) is 0 Å². The minimum atomic E-state index is -0.831. The van der Waals surface area contributed by atoms with Gasteiger partial charge in [-0.15, -0.1) is 0 Å². The molecule has 2 heteroatoms. The Labute approximate surface area is 36.3 Å². The van der Waals surface area contributed by atoms with Crippen molar-refractivity contribution in [3.05, 3.63) is 0 Å². The summed E-state index contributed by atoms with van der Waals surface area (Å²) >= 11 is -0.831. The molecule has 35 valence electrons. The Morgan fingerprint density at radius 1 is 1.80 bits per heavy atom. The van der Waals surface area contributed by atoms with Crippen LogP contribution in [0.1, 0.15) is 6.92 Å². The fourth-order valence-corrected chi connectivity index (χ4v) is 0. The zero-order chi connectivity index (χ0) is 4.28. The van der Waals surface area contributed by atoms with Gasteiger partial charge in [0.2, 0.25) is 0 Å². The van der Waals surface area contributed by atoms with Crippen LogP contribution in [0.25, 0.3) is 0 Å². The molecule has 0 aliphatic rings. The molecule has 0 saturated carbocycles. The van der Waals surface area contributed by atoms with Crippen LogP contribution in [0.2, 0.25) is 11.2 Å². The summed E-state index contributed by atoms with van der Waals surface area (Å²) in [5, 5.41) is 0.812. The monoisotopic (exact) mass is 119 g/mol. The van der Waals surface area contributed by atoms with Crippen LogP contribution in [0.4, 0.5) is 0 Å². The van der Waals surface area contributed by atoms with Crippen LogP contribution >= 0.6 is 0 Å². The van der Waals surface area contributed by atoms with E-state index in [4.69, 9.17) is 0 Å². The van der Waals surface area contributed by atoms with E-state index in [2.05, 4.69) is 0 Å². The maximum absolute atomic E-state index is 9.96. The van der Waals surface area contributed by atoms with Crippen molar-refractivity contribution in [3.63, 3.8) is 0 Å². The first-order chi connectivity index (χ1) is 2.27. The van der Waals surface area contributed by atoms with Crippen molar-refractivity contribution < 1.29 is 17.5 Å². The average Bonchev–Trinajstić information content (AvgIpc) is 1.38. The van der Waals surface area contributed by atoms with Crippen LogP contribution in [0, 0.1) is 0 Å². The summed E-state index contributed by atoms with van der Waals surface area (Å²) in [6, 6.07) is 0. The molecule has 0 unspecified atom stereocenters. The zero-order valence-corrected chi connectivity index (χ0v) is 4.49. The van der Waals surface area contributed by atoms with Gasteiger partial charge in [-0.1, -0.05) is 0 Å². The Morgan fingerprint density at radius 2 is 2.00 bits per heavy atom. The van der Waals surface area contributed by atoms with E-state index >= 15 is 0 Å². The van der Waals surface area contributed by atoms with Gasteiger partial charge in [-0.3, -0.25) is 0 Å². The molecule has 0 bridgehead atoms. The molecule has 0 aliphatic carbocycles. The van der Waals surface area contributed by atoms with E-state index in [1.807, 2.05) is 6.92 Å². The standard InChI is InChI=1S/C2H5.CH3.Co.O/c1-2;;;/h1H2,2H3;1H3;;. The van der Waals surface area contributed by atoms with Crippen molar-refractivity contribution in [1.29, 1.82) is 0 Å². The van der Waals surface area contributed by atoms with Crippen molar-refractivity contribution in [2.24, 2.45) is 0 Å². The second-order valence-corrected chi connectivity index (χ2v) is 2.90. The predicted molar refractivity (Wildman–Crippen MR) is 17.0 cm³/mol. The quantitative estimate of drug-likeness (QED) is 0.510. The number of rotatable bonds is 1. The van der Waals surface area contributed by atoms with Crippen LogP contribution in [0.15, 0.2) is 0 Å². The molecule has 0 aromatic carbocycles. The summed E-state index contributed by atoms with van der Waals surface area (Å²) in [7, 11) is 0. The third-order valence-electron chi connectivity index (χ3n) is 0.332. The van der Waals surface area contributed by atoms with Gasteiger partial charge < -0.3 is 0 Å². The third kappa shape index (κ3) is 4.31. The normalized spacial score (nSPS) is 11.2. The average molecular weight is 119 g/mol. The summed E-state index contributed by atoms with van der Waals surface area (Å²) in [6.45, 7) is 1.91. The second kappa shape index (κ2) is 2.54. The van der Waals surface area contributed by atoms with Crippen molar-refractivity contribution >= 4 is 0 Å². The van der Waals surface area contributed by atoms with E-state index in [1.165, 1.54) is 0 Å². The van der Waals surface area contributed by atoms with Gasteiger partial charge in [-0.2, -0.15) is 0 Å². The molecule has 0 rings (SSSR count). The van der Waals surface area contributed by atoms with E-state index in [0.717, 1.165) is 5.36 Å². The molecule has 0 heterocycles. The van der Waals surface area contributed by atoms with Crippen LogP contribution in [0.3, 0.4) is 0 Å². The predicted octanol–water partition coefficient (Wildman–Crippen LogP) is 1.44. The first-order valence-electron chi connectivity index (χ1n) is 1.41. The summed E-state index contributed by atoms with van der Waals surface area (Å²) in [4.78, 5) is 0. The molecular weight excluding hydrogens is 111 g/mol. The minimum absolute atomic E-state index is 0.812. The van der Waals surface area contributed by atoms with Crippen molar-refractivity contribution in [3.8, 4) is 0 Å². The molecule has 0 fully saturated rings. The van der Waals surface area contributed by atoms with E-state index < -0.39 is 13.6 Å². The first-order valence-corrected chi connectivity index (χ1v) is 3.61. The zero-order valence-electron chi connectivity index (χ0n) is 3.45. The Kier molecular flexibility index (Phi) is 2.69. The molecule has 0 radical (unpaired) electrons. The van der Waals surface area contributed by atoms with Crippen LogP contribution in [0.5, 0.6) is 0 Å². The van der Waals surface area contributed by atoms with E-state index in [9.17, 15) is 3.87 Å². The fourth-order valence-electron chi connectivity index (χ4n) is 0. The SMILES string of the molecule is C[CH2][Co]([CH3])=[O]. The molecule has 0 aromatic heterocycles. The number of hydrogen-bond acceptors (Lipinski definition) is 1. The van der Waals surface area contributed by atoms with E-state index in [1.54, 1.807) is 5.86 Å². The second-order valence-electron chi connectivity index (χ2n) is 0.704. The van der Waals surface area contributed by atoms with Gasteiger partial charge in [0.1, 0.15) is 0 Å². The summed E-state index contributed by atoms with van der Waals surface area (Å²) in [5.74, 6) is 1.73. The Morgan fingerprint density at radius 3 is 2.00 bits per heavy atom. The summed E-state index contributed by atoms with van der Waals surface area (Å²) < 4.78 is 9.96. The maximum atomic E-state index is 9.96. The van der Waals surface area contributed by atoms with Gasteiger partial charge >= 0.3 is 35.6 Å². The van der Waals surface area contributed by atoms with E-state index in [-0.39, 0.29) is 0 Å². The van der Waals surface area contributed by atoms with Crippen LogP contribution < -0.4 is 0 Å². The molecule has 0 atom stereocenters. The molecule has 0 amide bonds. The topological polar surface area (TPSA) is 17.1 Å². The van der Waals surface area contributed by atoms with Gasteiger partial charge in [0, 0.05) is 0 Å². The van der Waals surface area contributed by atoms with Crippen LogP contribution in [-0.2, 0) is 17.5 Å². The van der Waals surface area contributed by atoms with Gasteiger partial charge in [-0.25, -0.2) is 0 Å². The van der Waals surface area contributed by atoms with Crippen molar-refractivity contribution in [2.75, 3.05) is 0 Å². The molecule has 0 spiro atoms. The third-order valence-corrected chi connectivity index (χ3v) is 1.37. The first kappa shape index (κ1) is 5.31. The van der Waals surface area contributed by atoms with E-state index in [0.29, 0.717) is 0 Å². The molecule has 0 aromatic rings.